The normalized spacial score (nSPS) is 22.4. The van der Waals surface area contributed by atoms with Gasteiger partial charge in [0.05, 0.1) is 17.3 Å². The molecule has 0 atom stereocenters. The number of rotatable bonds is 6. The Morgan fingerprint density at radius 2 is 0.969 bits per heavy atom. The van der Waals surface area contributed by atoms with Crippen molar-refractivity contribution >= 4 is 17.1 Å². The highest BCUT2D eigenvalue weighted by Gasteiger charge is 2.61. The molecule has 2 nitrogen and oxygen atoms in total. The smallest absolute Gasteiger partial charge is 0.0991 e. The van der Waals surface area contributed by atoms with Crippen molar-refractivity contribution in [2.45, 2.75) is 56.8 Å². The lowest BCUT2D eigenvalue weighted by Crippen LogP contribution is -2.55. The van der Waals surface area contributed by atoms with E-state index in [-0.39, 0.29) is 10.8 Å². The molecular weight excluding hydrogens is 773 g/mol. The van der Waals surface area contributed by atoms with Crippen molar-refractivity contribution in [1.29, 1.82) is 5.26 Å². The van der Waals surface area contributed by atoms with Gasteiger partial charge in [0.15, 0.2) is 0 Å². The average molecular weight is 823 g/mol. The van der Waals surface area contributed by atoms with Gasteiger partial charge in [-0.25, -0.2) is 0 Å². The maximum Gasteiger partial charge on any atom is 0.0991 e. The second kappa shape index (κ2) is 14.0. The summed E-state index contributed by atoms with van der Waals surface area (Å²) in [5.41, 5.74) is 22.8. The molecule has 64 heavy (non-hydrogen) atoms. The zero-order chi connectivity index (χ0) is 42.7. The summed E-state index contributed by atoms with van der Waals surface area (Å²) in [4.78, 5) is 2.45. The number of nitrogens with zero attached hydrogens (tertiary/aromatic N) is 2. The first-order valence-electron chi connectivity index (χ1n) is 23.5. The van der Waals surface area contributed by atoms with Crippen LogP contribution in [0.3, 0.4) is 0 Å². The summed E-state index contributed by atoms with van der Waals surface area (Å²) in [5, 5.41) is 9.42. The van der Waals surface area contributed by atoms with Crippen LogP contribution < -0.4 is 4.90 Å². The number of benzene rings is 8. The first kappa shape index (κ1) is 37.6. The van der Waals surface area contributed by atoms with Crippen molar-refractivity contribution in [1.82, 2.24) is 0 Å². The highest BCUT2D eigenvalue weighted by molar-refractivity contribution is 5.98. The van der Waals surface area contributed by atoms with Crippen LogP contribution in [0.1, 0.15) is 73.8 Å². The van der Waals surface area contributed by atoms with Crippen LogP contribution >= 0.6 is 0 Å². The van der Waals surface area contributed by atoms with E-state index >= 15 is 0 Å². The zero-order valence-corrected chi connectivity index (χ0v) is 36.6. The van der Waals surface area contributed by atoms with Crippen molar-refractivity contribution in [3.05, 3.63) is 210 Å². The molecule has 2 heteroatoms. The summed E-state index contributed by atoms with van der Waals surface area (Å²) in [6, 6.07) is 69.8. The largest absolute Gasteiger partial charge is 0.310 e. The van der Waals surface area contributed by atoms with Gasteiger partial charge in [-0.05, 0) is 177 Å². The average Bonchev–Trinajstić information content (AvgIpc) is 3.77. The number of nitriles is 1. The van der Waals surface area contributed by atoms with Crippen LogP contribution in [0.25, 0.3) is 55.6 Å². The van der Waals surface area contributed by atoms with Crippen LogP contribution in [0.4, 0.5) is 17.1 Å². The van der Waals surface area contributed by atoms with E-state index in [1.54, 1.807) is 11.1 Å². The Balaban J connectivity index is 0.950. The fourth-order valence-electron chi connectivity index (χ4n) is 14.1. The third kappa shape index (κ3) is 5.37. The Kier molecular flexibility index (Phi) is 8.24. The lowest BCUT2D eigenvalue weighted by atomic mass is 9.43. The second-order valence-electron chi connectivity index (χ2n) is 20.0. The van der Waals surface area contributed by atoms with Gasteiger partial charge in [-0.1, -0.05) is 147 Å². The quantitative estimate of drug-likeness (QED) is 0.167. The molecule has 4 bridgehead atoms. The van der Waals surface area contributed by atoms with Crippen LogP contribution in [0.2, 0.25) is 0 Å². The van der Waals surface area contributed by atoms with Gasteiger partial charge in [0.25, 0.3) is 0 Å². The lowest BCUT2D eigenvalue weighted by Gasteiger charge is -2.61. The van der Waals surface area contributed by atoms with E-state index in [4.69, 9.17) is 0 Å². The van der Waals surface area contributed by atoms with E-state index in [0.29, 0.717) is 5.56 Å². The van der Waals surface area contributed by atoms with Crippen LogP contribution in [0, 0.1) is 35.0 Å². The van der Waals surface area contributed by atoms with Gasteiger partial charge in [-0.15, -0.1) is 0 Å². The second-order valence-corrected chi connectivity index (χ2v) is 20.0. The van der Waals surface area contributed by atoms with Gasteiger partial charge >= 0.3 is 0 Å². The number of hydrogen-bond acceptors (Lipinski definition) is 2. The van der Waals surface area contributed by atoms with Crippen molar-refractivity contribution in [2.75, 3.05) is 4.90 Å². The molecule has 6 aliphatic rings. The third-order valence-electron chi connectivity index (χ3n) is 16.5. The van der Waals surface area contributed by atoms with Crippen LogP contribution in [0.15, 0.2) is 182 Å². The summed E-state index contributed by atoms with van der Waals surface area (Å²) >= 11 is 0. The first-order chi connectivity index (χ1) is 31.4. The summed E-state index contributed by atoms with van der Waals surface area (Å²) in [5.74, 6) is 3.38. The van der Waals surface area contributed by atoms with E-state index in [1.165, 1.54) is 93.4 Å². The van der Waals surface area contributed by atoms with Crippen molar-refractivity contribution in [2.24, 2.45) is 23.7 Å². The van der Waals surface area contributed by atoms with Crippen molar-refractivity contribution in [3.63, 3.8) is 0 Å². The molecule has 0 radical (unpaired) electrons. The first-order valence-corrected chi connectivity index (χ1v) is 23.5. The maximum atomic E-state index is 9.42. The fraction of sp³-hybridized carbons (Fsp3) is 0.210. The molecule has 14 rings (SSSR count). The number of anilines is 3. The fourth-order valence-corrected chi connectivity index (χ4v) is 14.1. The Morgan fingerprint density at radius 1 is 0.453 bits per heavy atom. The maximum absolute atomic E-state index is 9.42. The standard InChI is InChI=1S/C62H50N2/c1-61(2)57-16-9-17-58(64(49-27-22-44(23-28-49)42-10-4-3-5-11-42)50-29-24-45(25-30-50)43-20-18-39(38-63)19-21-43)59(57)53-14-8-13-51(60(53)61)46-26-31-56-54(37-46)52-12-6-7-15-55(52)62(56)47-33-40-32-41(35-47)36-48(62)34-40/h3-31,37,40-41,47-48H,32-36H2,1-2H3. The van der Waals surface area contributed by atoms with Crippen LogP contribution in [0.5, 0.6) is 0 Å². The lowest BCUT2D eigenvalue weighted by molar-refractivity contribution is -0.0399. The molecule has 308 valence electrons. The summed E-state index contributed by atoms with van der Waals surface area (Å²) in [6.07, 6.45) is 7.08. The van der Waals surface area contributed by atoms with Crippen LogP contribution in [-0.2, 0) is 10.8 Å². The van der Waals surface area contributed by atoms with Gasteiger partial charge < -0.3 is 4.90 Å². The molecular formula is C62H50N2. The molecule has 0 unspecified atom stereocenters. The van der Waals surface area contributed by atoms with Crippen LogP contribution in [-0.4, -0.2) is 0 Å². The molecule has 0 aromatic heterocycles. The summed E-state index contributed by atoms with van der Waals surface area (Å²) in [6.45, 7) is 4.87. The SMILES string of the molecule is CC1(C)c2cccc(N(c3ccc(-c4ccccc4)cc3)c3ccc(-c4ccc(C#N)cc4)cc3)c2-c2cccc(-c3ccc4c(c3)-c3ccccc3C43C4CC5CC(C4)CC3C5)c21. The van der Waals surface area contributed by atoms with E-state index in [0.717, 1.165) is 46.2 Å². The Morgan fingerprint density at radius 3 is 1.62 bits per heavy atom. The molecule has 4 fully saturated rings. The Labute approximate surface area is 377 Å². The third-order valence-corrected chi connectivity index (χ3v) is 16.5. The van der Waals surface area contributed by atoms with Gasteiger partial charge in [0, 0.05) is 27.8 Å². The highest BCUT2D eigenvalue weighted by atomic mass is 15.1. The van der Waals surface area contributed by atoms with E-state index in [9.17, 15) is 5.26 Å². The molecule has 8 aromatic carbocycles. The topological polar surface area (TPSA) is 27.0 Å². The van der Waals surface area contributed by atoms with Gasteiger partial charge in [0.1, 0.15) is 0 Å². The zero-order valence-electron chi connectivity index (χ0n) is 36.6. The van der Waals surface area contributed by atoms with Gasteiger partial charge in [-0.3, -0.25) is 0 Å². The van der Waals surface area contributed by atoms with E-state index in [2.05, 4.69) is 183 Å². The van der Waals surface area contributed by atoms with Crippen molar-refractivity contribution < 1.29 is 0 Å². The Hall–Kier alpha value is -6.95. The molecule has 4 saturated carbocycles. The predicted molar refractivity (Wildman–Crippen MR) is 263 cm³/mol. The van der Waals surface area contributed by atoms with E-state index < -0.39 is 0 Å². The summed E-state index contributed by atoms with van der Waals surface area (Å²) < 4.78 is 0. The van der Waals surface area contributed by atoms with Gasteiger partial charge in [0.2, 0.25) is 0 Å². The molecule has 0 aliphatic heterocycles. The number of fused-ring (bicyclic) bond motifs is 6. The minimum absolute atomic E-state index is 0.171. The molecule has 0 N–H and O–H groups in total. The minimum atomic E-state index is -0.237. The molecule has 1 spiro atoms. The summed E-state index contributed by atoms with van der Waals surface area (Å²) in [7, 11) is 0. The monoisotopic (exact) mass is 822 g/mol. The molecule has 0 heterocycles. The minimum Gasteiger partial charge on any atom is -0.310 e. The highest BCUT2D eigenvalue weighted by Crippen LogP contribution is 2.69. The van der Waals surface area contributed by atoms with Crippen molar-refractivity contribution in [3.8, 4) is 61.7 Å². The number of hydrogen-bond donors (Lipinski definition) is 0. The Bertz CT molecular complexity index is 3160. The predicted octanol–water partition coefficient (Wildman–Crippen LogP) is 16.1. The molecule has 8 aromatic rings. The molecule has 6 aliphatic carbocycles. The molecule has 0 amide bonds. The molecule has 0 saturated heterocycles. The van der Waals surface area contributed by atoms with Gasteiger partial charge in [-0.2, -0.15) is 5.26 Å². The van der Waals surface area contributed by atoms with E-state index in [1.807, 2.05) is 24.3 Å².